The fourth-order valence-electron chi connectivity index (χ4n) is 4.56. The largest absolute Gasteiger partial charge is 0.467 e. The van der Waals surface area contributed by atoms with Crippen LogP contribution in [0, 0.1) is 33.8 Å². The van der Waals surface area contributed by atoms with Gasteiger partial charge in [-0.1, -0.05) is 6.07 Å². The van der Waals surface area contributed by atoms with E-state index in [-0.39, 0.29) is 68.9 Å². The predicted octanol–water partition coefficient (Wildman–Crippen LogP) is 4.98. The van der Waals surface area contributed by atoms with Crippen molar-refractivity contribution in [2.45, 2.75) is 6.18 Å². The summed E-state index contributed by atoms with van der Waals surface area (Å²) in [7, 11) is 1.21. The minimum absolute atomic E-state index is 0.0112. The fourth-order valence-corrected chi connectivity index (χ4v) is 5.51. The number of nitrogens with zero attached hydrogens (tertiary/aromatic N) is 5. The zero-order valence-corrected chi connectivity index (χ0v) is 20.8. The van der Waals surface area contributed by atoms with Crippen LogP contribution < -0.4 is 15.4 Å². The number of nitrogens with two attached hydrogens (primary N) is 1. The fraction of sp³-hybridized carbons (Fsp3) is 0.208. The van der Waals surface area contributed by atoms with Gasteiger partial charge in [0, 0.05) is 29.4 Å². The third-order valence-corrected chi connectivity index (χ3v) is 7.36. The Hall–Kier alpha value is -4.58. The average molecular weight is 561 g/mol. The Morgan fingerprint density at radius 1 is 1.23 bits per heavy atom. The number of nitrogen functional groups attached to an aromatic ring is 1. The van der Waals surface area contributed by atoms with Crippen LogP contribution in [0.4, 0.5) is 32.8 Å². The van der Waals surface area contributed by atoms with Crippen molar-refractivity contribution in [2.24, 2.45) is 0 Å². The number of rotatable bonds is 4. The maximum absolute atomic E-state index is 16.3. The molecule has 4 aromatic rings. The molecule has 0 atom stereocenters. The lowest BCUT2D eigenvalue weighted by molar-refractivity contribution is -0.137. The van der Waals surface area contributed by atoms with E-state index in [9.17, 15) is 22.8 Å². The standard InChI is InChI=1S/C24H17F5N8OS/c1-38-23-34-19-11(22(35-23)36-4-5-37(9-31)15(32)8-36)6-13(24(27,28)29)17(18(19)26)10-2-3-14(25)20-16(10)12(7-30)21(33)39-20/h2-3,6,9,31-32H,4-5,8,33H2,1H3. The Balaban J connectivity index is 1.87. The molecule has 2 aromatic heterocycles. The Labute approximate surface area is 220 Å². The van der Waals surface area contributed by atoms with Crippen LogP contribution in [0.25, 0.3) is 32.1 Å². The van der Waals surface area contributed by atoms with Crippen molar-refractivity contribution in [1.29, 1.82) is 16.1 Å². The quantitative estimate of drug-likeness (QED) is 0.182. The second-order valence-electron chi connectivity index (χ2n) is 8.48. The van der Waals surface area contributed by atoms with Crippen LogP contribution in [-0.2, 0) is 6.18 Å². The molecule has 0 radical (unpaired) electrons. The van der Waals surface area contributed by atoms with Gasteiger partial charge in [0.1, 0.15) is 34.1 Å². The van der Waals surface area contributed by atoms with Crippen LogP contribution in [0.2, 0.25) is 0 Å². The number of nitriles is 1. The number of piperazine rings is 1. The maximum Gasteiger partial charge on any atom is 0.417 e. The number of methoxy groups -OCH3 is 1. The average Bonchev–Trinajstić information content (AvgIpc) is 3.25. The first-order valence-electron chi connectivity index (χ1n) is 11.2. The van der Waals surface area contributed by atoms with Crippen LogP contribution >= 0.6 is 11.3 Å². The smallest absolute Gasteiger partial charge is 0.417 e. The van der Waals surface area contributed by atoms with Gasteiger partial charge in [-0.15, -0.1) is 11.3 Å². The minimum Gasteiger partial charge on any atom is -0.467 e. The van der Waals surface area contributed by atoms with Crippen LogP contribution in [0.15, 0.2) is 18.2 Å². The zero-order valence-electron chi connectivity index (χ0n) is 20.0. The normalized spacial score (nSPS) is 14.2. The molecule has 9 nitrogen and oxygen atoms in total. The van der Waals surface area contributed by atoms with E-state index >= 15 is 4.39 Å². The van der Waals surface area contributed by atoms with Gasteiger partial charge in [-0.05, 0) is 17.7 Å². The van der Waals surface area contributed by atoms with E-state index in [0.29, 0.717) is 17.4 Å². The monoisotopic (exact) mass is 560 g/mol. The summed E-state index contributed by atoms with van der Waals surface area (Å²) in [6.07, 6.45) is -4.12. The first-order chi connectivity index (χ1) is 18.5. The number of aromatic nitrogens is 2. The molecule has 5 rings (SSSR count). The Bertz CT molecular complexity index is 1730. The first kappa shape index (κ1) is 26.0. The molecule has 0 spiro atoms. The molecule has 15 heteroatoms. The number of hydrogen-bond donors (Lipinski definition) is 3. The lowest BCUT2D eigenvalue weighted by Gasteiger charge is -2.35. The van der Waals surface area contributed by atoms with Crippen LogP contribution in [0.5, 0.6) is 6.01 Å². The van der Waals surface area contributed by atoms with E-state index in [0.717, 1.165) is 18.5 Å². The van der Waals surface area contributed by atoms with Crippen molar-refractivity contribution in [3.05, 3.63) is 41.0 Å². The molecule has 0 saturated carbocycles. The van der Waals surface area contributed by atoms with E-state index in [2.05, 4.69) is 9.97 Å². The number of amidine groups is 1. The van der Waals surface area contributed by atoms with Crippen molar-refractivity contribution < 1.29 is 26.7 Å². The van der Waals surface area contributed by atoms with E-state index in [1.54, 1.807) is 6.07 Å². The molecule has 0 bridgehead atoms. The van der Waals surface area contributed by atoms with Crippen molar-refractivity contribution in [2.75, 3.05) is 37.4 Å². The van der Waals surface area contributed by atoms with E-state index < -0.39 is 34.5 Å². The summed E-state index contributed by atoms with van der Waals surface area (Å²) >= 11 is 0.675. The molecule has 200 valence electrons. The third kappa shape index (κ3) is 4.13. The molecule has 0 unspecified atom stereocenters. The molecule has 1 saturated heterocycles. The van der Waals surface area contributed by atoms with Gasteiger partial charge in [-0.2, -0.15) is 28.4 Å². The number of anilines is 2. The van der Waals surface area contributed by atoms with Gasteiger partial charge in [0.05, 0.1) is 35.8 Å². The van der Waals surface area contributed by atoms with Gasteiger partial charge in [-0.3, -0.25) is 10.8 Å². The molecular formula is C24H17F5N8OS. The number of halogens is 5. The van der Waals surface area contributed by atoms with Crippen molar-refractivity contribution >= 4 is 55.3 Å². The van der Waals surface area contributed by atoms with Gasteiger partial charge in [0.2, 0.25) is 0 Å². The Kier molecular flexibility index (Phi) is 6.22. The van der Waals surface area contributed by atoms with E-state index in [4.69, 9.17) is 21.3 Å². The first-order valence-corrected chi connectivity index (χ1v) is 12.0. The summed E-state index contributed by atoms with van der Waals surface area (Å²) in [4.78, 5) is 11.0. The van der Waals surface area contributed by atoms with Gasteiger partial charge in [0.25, 0.3) is 0 Å². The van der Waals surface area contributed by atoms with Crippen LogP contribution in [0.1, 0.15) is 11.1 Å². The number of alkyl halides is 3. The number of nitrogens with one attached hydrogen (secondary N) is 2. The lowest BCUT2D eigenvalue weighted by atomic mass is 9.92. The van der Waals surface area contributed by atoms with E-state index in [1.807, 2.05) is 0 Å². The number of fused-ring (bicyclic) bond motifs is 2. The number of benzene rings is 2. The van der Waals surface area contributed by atoms with Gasteiger partial charge >= 0.3 is 12.2 Å². The lowest BCUT2D eigenvalue weighted by Crippen LogP contribution is -2.49. The van der Waals surface area contributed by atoms with Gasteiger partial charge < -0.3 is 20.3 Å². The molecule has 3 heterocycles. The zero-order chi connectivity index (χ0) is 28.2. The molecule has 1 fully saturated rings. The Morgan fingerprint density at radius 3 is 2.59 bits per heavy atom. The maximum atomic E-state index is 16.3. The molecule has 1 aliphatic rings. The van der Waals surface area contributed by atoms with Gasteiger partial charge in [-0.25, -0.2) is 8.78 Å². The third-order valence-electron chi connectivity index (χ3n) is 6.33. The van der Waals surface area contributed by atoms with Crippen LogP contribution in [0.3, 0.4) is 0 Å². The van der Waals surface area contributed by atoms with E-state index in [1.165, 1.54) is 16.9 Å². The topological polar surface area (TPSA) is 139 Å². The molecule has 1 aliphatic heterocycles. The highest BCUT2D eigenvalue weighted by Gasteiger charge is 2.38. The van der Waals surface area contributed by atoms with Gasteiger partial charge in [0.15, 0.2) is 5.82 Å². The highest BCUT2D eigenvalue weighted by Crippen LogP contribution is 2.48. The number of ether oxygens (including phenoxy) is 1. The minimum atomic E-state index is -5.08. The SMILES string of the molecule is COc1nc(N2CCN(C=N)C(=N)C2)c2cc(C(F)(F)F)c(-c3ccc(F)c4sc(N)c(C#N)c34)c(F)c2n1. The molecule has 4 N–H and O–H groups in total. The summed E-state index contributed by atoms with van der Waals surface area (Å²) in [5.74, 6) is -2.30. The second-order valence-corrected chi connectivity index (χ2v) is 9.54. The second kappa shape index (κ2) is 9.31. The van der Waals surface area contributed by atoms with Crippen molar-refractivity contribution in [3.63, 3.8) is 0 Å². The molecule has 39 heavy (non-hydrogen) atoms. The molecular weight excluding hydrogens is 543 g/mol. The summed E-state index contributed by atoms with van der Waals surface area (Å²) in [6.45, 7) is 0.219. The molecule has 0 amide bonds. The highest BCUT2D eigenvalue weighted by atomic mass is 32.1. The summed E-state index contributed by atoms with van der Waals surface area (Å²) in [5, 5.41) is 24.5. The highest BCUT2D eigenvalue weighted by molar-refractivity contribution is 7.23. The molecule has 2 aromatic carbocycles. The van der Waals surface area contributed by atoms with Crippen molar-refractivity contribution in [3.8, 4) is 23.2 Å². The Morgan fingerprint density at radius 2 is 1.97 bits per heavy atom. The number of hydrogen-bond acceptors (Lipinski definition) is 9. The molecule has 0 aliphatic carbocycles. The summed E-state index contributed by atoms with van der Waals surface area (Å²) in [5.41, 5.74) is 2.38. The number of thiophene rings is 1. The predicted molar refractivity (Wildman–Crippen MR) is 136 cm³/mol. The summed E-state index contributed by atoms with van der Waals surface area (Å²) < 4.78 is 79.4. The van der Waals surface area contributed by atoms with Crippen LogP contribution in [-0.4, -0.2) is 53.8 Å². The van der Waals surface area contributed by atoms with Crippen molar-refractivity contribution in [1.82, 2.24) is 14.9 Å². The summed E-state index contributed by atoms with van der Waals surface area (Å²) in [6, 6.07) is 4.01.